The van der Waals surface area contributed by atoms with Crippen LogP contribution in [0.5, 0.6) is 0 Å². The van der Waals surface area contributed by atoms with Crippen LogP contribution >= 0.6 is 11.6 Å². The molecular formula is C18H23ClN3O2+. The van der Waals surface area contributed by atoms with Gasteiger partial charge in [0.05, 0.1) is 28.7 Å². The molecule has 0 bridgehead atoms. The number of nitro groups is 1. The van der Waals surface area contributed by atoms with E-state index in [9.17, 15) is 10.1 Å². The van der Waals surface area contributed by atoms with Gasteiger partial charge in [0.25, 0.3) is 5.69 Å². The van der Waals surface area contributed by atoms with E-state index in [-0.39, 0.29) is 5.69 Å². The van der Waals surface area contributed by atoms with Gasteiger partial charge >= 0.3 is 0 Å². The first-order chi connectivity index (χ1) is 11.5. The standard InChI is InChI=1S/C18H22ClN3O2/c1-13(2)15-5-3-14(4-6-15)12-20-9-10-21-18-8-7-16(22(23)24)11-17(18)19/h3-8,11,13,20-21H,9-10,12H2,1-2H3/p+1. The van der Waals surface area contributed by atoms with Crippen molar-refractivity contribution >= 4 is 23.0 Å². The number of benzene rings is 2. The number of nitrogens with zero attached hydrogens (tertiary/aromatic N) is 1. The second-order valence-corrected chi connectivity index (χ2v) is 6.43. The van der Waals surface area contributed by atoms with Crippen LogP contribution in [-0.4, -0.2) is 18.0 Å². The number of nitrogens with two attached hydrogens (primary N) is 1. The molecule has 0 aliphatic heterocycles. The highest BCUT2D eigenvalue weighted by atomic mass is 35.5. The molecule has 3 N–H and O–H groups in total. The Hall–Kier alpha value is -2.11. The fraction of sp³-hybridized carbons (Fsp3) is 0.333. The molecule has 2 rings (SSSR count). The summed E-state index contributed by atoms with van der Waals surface area (Å²) in [5, 5.41) is 16.5. The van der Waals surface area contributed by atoms with Crippen molar-refractivity contribution < 1.29 is 10.2 Å². The van der Waals surface area contributed by atoms with Crippen molar-refractivity contribution in [3.05, 3.63) is 68.7 Å². The van der Waals surface area contributed by atoms with Gasteiger partial charge in [0, 0.05) is 17.7 Å². The zero-order chi connectivity index (χ0) is 17.5. The normalized spacial score (nSPS) is 10.8. The fourth-order valence-electron chi connectivity index (χ4n) is 2.38. The number of nitro benzene ring substituents is 1. The van der Waals surface area contributed by atoms with Gasteiger partial charge in [0.2, 0.25) is 0 Å². The van der Waals surface area contributed by atoms with Crippen molar-refractivity contribution in [1.82, 2.24) is 0 Å². The topological polar surface area (TPSA) is 71.8 Å². The maximum atomic E-state index is 10.7. The molecule has 128 valence electrons. The number of halogens is 1. The Morgan fingerprint density at radius 3 is 2.50 bits per heavy atom. The molecule has 2 aromatic rings. The van der Waals surface area contributed by atoms with Gasteiger partial charge in [-0.05, 0) is 17.5 Å². The van der Waals surface area contributed by atoms with Crippen LogP contribution in [0.15, 0.2) is 42.5 Å². The molecule has 0 aromatic heterocycles. The highest BCUT2D eigenvalue weighted by molar-refractivity contribution is 6.33. The van der Waals surface area contributed by atoms with Crippen molar-refractivity contribution in [2.75, 3.05) is 18.4 Å². The Morgan fingerprint density at radius 2 is 1.92 bits per heavy atom. The number of anilines is 1. The molecule has 6 heteroatoms. The molecule has 5 nitrogen and oxygen atoms in total. The molecule has 0 amide bonds. The first-order valence-electron chi connectivity index (χ1n) is 8.05. The summed E-state index contributed by atoms with van der Waals surface area (Å²) in [4.78, 5) is 10.2. The van der Waals surface area contributed by atoms with Gasteiger partial charge in [-0.2, -0.15) is 0 Å². The third kappa shape index (κ3) is 5.22. The summed E-state index contributed by atoms with van der Waals surface area (Å²) in [7, 11) is 0. The Labute approximate surface area is 147 Å². The van der Waals surface area contributed by atoms with Crippen LogP contribution in [0.1, 0.15) is 30.9 Å². The number of quaternary nitrogens is 1. The van der Waals surface area contributed by atoms with Gasteiger partial charge in [-0.25, -0.2) is 0 Å². The Kier molecular flexibility index (Phi) is 6.58. The summed E-state index contributed by atoms with van der Waals surface area (Å²) in [5.74, 6) is 0.554. The number of nitrogens with one attached hydrogen (secondary N) is 1. The van der Waals surface area contributed by atoms with E-state index in [1.165, 1.54) is 23.3 Å². The van der Waals surface area contributed by atoms with E-state index >= 15 is 0 Å². The number of hydrogen-bond donors (Lipinski definition) is 2. The molecule has 0 atom stereocenters. The minimum absolute atomic E-state index is 0.00181. The van der Waals surface area contributed by atoms with Crippen molar-refractivity contribution in [3.63, 3.8) is 0 Å². The average Bonchev–Trinajstić information content (AvgIpc) is 2.56. The Morgan fingerprint density at radius 1 is 1.21 bits per heavy atom. The number of rotatable bonds is 8. The highest BCUT2D eigenvalue weighted by Crippen LogP contribution is 2.26. The lowest BCUT2D eigenvalue weighted by Crippen LogP contribution is -2.83. The van der Waals surface area contributed by atoms with Gasteiger partial charge in [0.15, 0.2) is 0 Å². The lowest BCUT2D eigenvalue weighted by atomic mass is 10.0. The summed E-state index contributed by atoms with van der Waals surface area (Å²) < 4.78 is 0. The molecule has 0 aliphatic rings. The van der Waals surface area contributed by atoms with Gasteiger partial charge in [-0.1, -0.05) is 49.7 Å². The molecule has 0 saturated heterocycles. The predicted molar refractivity (Wildman–Crippen MR) is 97.6 cm³/mol. The van der Waals surface area contributed by atoms with Gasteiger partial charge in [0.1, 0.15) is 6.54 Å². The first-order valence-corrected chi connectivity index (χ1v) is 8.43. The van der Waals surface area contributed by atoms with E-state index in [1.54, 1.807) is 6.07 Å². The van der Waals surface area contributed by atoms with E-state index in [4.69, 9.17) is 11.6 Å². The molecule has 0 fully saturated rings. The number of non-ortho nitro benzene ring substituents is 1. The van der Waals surface area contributed by atoms with Crippen molar-refractivity contribution in [2.45, 2.75) is 26.3 Å². The van der Waals surface area contributed by atoms with Crippen LogP contribution in [-0.2, 0) is 6.54 Å². The van der Waals surface area contributed by atoms with Crippen molar-refractivity contribution in [1.29, 1.82) is 0 Å². The van der Waals surface area contributed by atoms with Gasteiger partial charge in [-0.3, -0.25) is 10.1 Å². The summed E-state index contributed by atoms with van der Waals surface area (Å²) in [6.45, 7) is 6.93. The van der Waals surface area contributed by atoms with E-state index in [0.29, 0.717) is 10.9 Å². The second kappa shape index (κ2) is 8.66. The average molecular weight is 349 g/mol. The monoisotopic (exact) mass is 348 g/mol. The van der Waals surface area contributed by atoms with Crippen LogP contribution in [0.3, 0.4) is 0 Å². The lowest BCUT2D eigenvalue weighted by Gasteiger charge is -2.08. The zero-order valence-electron chi connectivity index (χ0n) is 14.0. The minimum Gasteiger partial charge on any atom is -0.378 e. The maximum absolute atomic E-state index is 10.7. The third-order valence-corrected chi connectivity index (χ3v) is 4.17. The largest absolute Gasteiger partial charge is 0.378 e. The Bertz CT molecular complexity index is 687. The Balaban J connectivity index is 1.74. The van der Waals surface area contributed by atoms with Crippen LogP contribution < -0.4 is 10.6 Å². The maximum Gasteiger partial charge on any atom is 0.271 e. The highest BCUT2D eigenvalue weighted by Gasteiger charge is 2.09. The van der Waals surface area contributed by atoms with Crippen LogP contribution in [0.4, 0.5) is 11.4 Å². The molecule has 24 heavy (non-hydrogen) atoms. The molecule has 0 unspecified atom stereocenters. The van der Waals surface area contributed by atoms with Crippen LogP contribution in [0, 0.1) is 10.1 Å². The van der Waals surface area contributed by atoms with Crippen LogP contribution in [0.2, 0.25) is 5.02 Å². The van der Waals surface area contributed by atoms with E-state index < -0.39 is 4.92 Å². The summed E-state index contributed by atoms with van der Waals surface area (Å²) in [6.07, 6.45) is 0. The van der Waals surface area contributed by atoms with Gasteiger partial charge < -0.3 is 10.6 Å². The molecule has 2 aromatic carbocycles. The first kappa shape index (κ1) is 18.2. The molecule has 0 saturated carbocycles. The molecule has 0 heterocycles. The summed E-state index contributed by atoms with van der Waals surface area (Å²) >= 11 is 6.05. The predicted octanol–water partition coefficient (Wildman–Crippen LogP) is 3.55. The molecule has 0 spiro atoms. The van der Waals surface area contributed by atoms with E-state index in [0.717, 1.165) is 25.3 Å². The van der Waals surface area contributed by atoms with E-state index in [1.807, 2.05) is 0 Å². The quantitative estimate of drug-likeness (QED) is 0.435. The van der Waals surface area contributed by atoms with Crippen molar-refractivity contribution in [2.24, 2.45) is 0 Å². The summed E-state index contributed by atoms with van der Waals surface area (Å²) in [5.41, 5.74) is 3.37. The number of hydrogen-bond acceptors (Lipinski definition) is 3. The smallest absolute Gasteiger partial charge is 0.271 e. The second-order valence-electron chi connectivity index (χ2n) is 6.03. The molecule has 0 radical (unpaired) electrons. The lowest BCUT2D eigenvalue weighted by molar-refractivity contribution is -0.668. The van der Waals surface area contributed by atoms with Gasteiger partial charge in [-0.15, -0.1) is 0 Å². The summed E-state index contributed by atoms with van der Waals surface area (Å²) in [6, 6.07) is 13.2. The minimum atomic E-state index is -0.450. The zero-order valence-corrected chi connectivity index (χ0v) is 14.7. The third-order valence-electron chi connectivity index (χ3n) is 3.85. The fourth-order valence-corrected chi connectivity index (χ4v) is 2.62. The van der Waals surface area contributed by atoms with Crippen LogP contribution in [0.25, 0.3) is 0 Å². The van der Waals surface area contributed by atoms with Crippen molar-refractivity contribution in [3.8, 4) is 0 Å². The SMILES string of the molecule is CC(C)c1ccc(C[NH2+]CCNc2ccc([N+](=O)[O-])cc2Cl)cc1. The molecule has 0 aliphatic carbocycles. The molecular weight excluding hydrogens is 326 g/mol. The van der Waals surface area contributed by atoms with E-state index in [2.05, 4.69) is 48.7 Å².